The van der Waals surface area contributed by atoms with E-state index in [9.17, 15) is 41.7 Å². The summed E-state index contributed by atoms with van der Waals surface area (Å²) in [6, 6.07) is 14.8. The van der Waals surface area contributed by atoms with Crippen LogP contribution in [0, 0.1) is 0 Å². The van der Waals surface area contributed by atoms with Crippen LogP contribution in [0.5, 0.6) is 5.75 Å². The number of rotatable bonds is 18. The molecule has 19 nitrogen and oxygen atoms in total. The summed E-state index contributed by atoms with van der Waals surface area (Å²) in [5.41, 5.74) is 11.6. The van der Waals surface area contributed by atoms with Crippen molar-refractivity contribution >= 4 is 60.1 Å². The molecule has 0 aliphatic rings. The summed E-state index contributed by atoms with van der Waals surface area (Å²) in [5, 5.41) is 14.3. The number of alkyl halides is 3. The molecule has 5 rings (SSSR count). The number of nitrogen functional groups attached to an aromatic ring is 1. The van der Waals surface area contributed by atoms with Crippen molar-refractivity contribution in [3.05, 3.63) is 111 Å². The first-order valence-electron chi connectivity index (χ1n) is 18.1. The summed E-state index contributed by atoms with van der Waals surface area (Å²) in [7, 11) is -3.73. The summed E-state index contributed by atoms with van der Waals surface area (Å²) < 4.78 is 72.3. The van der Waals surface area contributed by atoms with Gasteiger partial charge >= 0.3 is 25.9 Å². The second-order valence-electron chi connectivity index (χ2n) is 12.4. The summed E-state index contributed by atoms with van der Waals surface area (Å²) in [6.45, 7) is 3.73. The van der Waals surface area contributed by atoms with Gasteiger partial charge in [-0.3, -0.25) is 42.5 Å². The number of carbonyl (C=O) groups excluding carboxylic acids is 3. The number of phosphoric ester groups is 1. The monoisotopic (exact) mass is 872 g/mol. The number of primary amides is 1. The molecule has 0 spiro atoms. The maximum absolute atomic E-state index is 13.2. The number of nitrogens with one attached hydrogen (secondary N) is 3. The van der Waals surface area contributed by atoms with Crippen LogP contribution in [0.1, 0.15) is 70.6 Å². The molecule has 2 aromatic heterocycles. The topological polar surface area (TPSA) is 290 Å². The number of benzene rings is 3. The molecule has 0 atom stereocenters. The first-order valence-corrected chi connectivity index (χ1v) is 19.6. The number of fused-ring (bicyclic) bond motifs is 1. The third kappa shape index (κ3) is 14.5. The Morgan fingerprint density at radius 1 is 0.902 bits per heavy atom. The maximum Gasteiger partial charge on any atom is 0.475 e. The predicted octanol–water partition coefficient (Wildman–Crippen LogP) is 5.82. The number of carbonyl (C=O) groups is 4. The van der Waals surface area contributed by atoms with E-state index in [2.05, 4.69) is 30.6 Å². The molecule has 23 heteroatoms. The van der Waals surface area contributed by atoms with Gasteiger partial charge in [0.2, 0.25) is 11.9 Å². The molecule has 2 amide bonds. The highest BCUT2D eigenvalue weighted by molar-refractivity contribution is 7.48. The number of H-pyrrole nitrogens is 1. The quantitative estimate of drug-likeness (QED) is 0.0343. The van der Waals surface area contributed by atoms with E-state index in [0.717, 1.165) is 11.8 Å². The zero-order chi connectivity index (χ0) is 44.7. The van der Waals surface area contributed by atoms with Crippen LogP contribution in [-0.2, 0) is 47.1 Å². The Bertz CT molecular complexity index is 2440. The van der Waals surface area contributed by atoms with E-state index in [4.69, 9.17) is 34.9 Å². The Balaban J connectivity index is 0.000000301. The highest BCUT2D eigenvalue weighted by atomic mass is 31.2. The van der Waals surface area contributed by atoms with Gasteiger partial charge in [-0.1, -0.05) is 12.1 Å². The molecule has 8 N–H and O–H groups in total. The molecule has 0 saturated heterocycles. The van der Waals surface area contributed by atoms with Crippen LogP contribution in [0.2, 0.25) is 0 Å². The number of nitrogens with two attached hydrogens (primary N) is 2. The van der Waals surface area contributed by atoms with Crippen molar-refractivity contribution in [2.24, 2.45) is 5.73 Å². The summed E-state index contributed by atoms with van der Waals surface area (Å²) >= 11 is 0. The lowest BCUT2D eigenvalue weighted by Crippen LogP contribution is -2.17. The minimum absolute atomic E-state index is 0.00258. The Labute approximate surface area is 344 Å². The zero-order valence-corrected chi connectivity index (χ0v) is 33.4. The van der Waals surface area contributed by atoms with Gasteiger partial charge in [0.05, 0.1) is 49.4 Å². The van der Waals surface area contributed by atoms with Crippen LogP contribution in [0.15, 0.2) is 77.7 Å². The molecular formula is C38H40F3N8O11P. The number of esters is 1. The third-order valence-electron chi connectivity index (χ3n) is 7.85. The first kappa shape index (κ1) is 46.9. The first-order chi connectivity index (χ1) is 28.9. The van der Waals surface area contributed by atoms with Crippen molar-refractivity contribution in [3.8, 4) is 5.75 Å². The van der Waals surface area contributed by atoms with Gasteiger partial charge in [-0.05, 0) is 80.4 Å². The molecule has 0 aliphatic heterocycles. The van der Waals surface area contributed by atoms with Crippen LogP contribution in [0.3, 0.4) is 0 Å². The van der Waals surface area contributed by atoms with Crippen LogP contribution < -0.4 is 32.4 Å². The van der Waals surface area contributed by atoms with Gasteiger partial charge in [-0.2, -0.15) is 18.2 Å². The average Bonchev–Trinajstić information content (AvgIpc) is 3.20. The molecule has 0 fully saturated rings. The number of aliphatic carboxylic acids is 1. The fourth-order valence-electron chi connectivity index (χ4n) is 4.99. The highest BCUT2D eigenvalue weighted by Gasteiger charge is 2.32. The van der Waals surface area contributed by atoms with Gasteiger partial charge in [0.25, 0.3) is 11.5 Å². The lowest BCUT2D eigenvalue weighted by atomic mass is 10.1. The van der Waals surface area contributed by atoms with E-state index in [1.54, 1.807) is 50.2 Å². The van der Waals surface area contributed by atoms with E-state index < -0.39 is 54.6 Å². The van der Waals surface area contributed by atoms with E-state index in [-0.39, 0.29) is 67.4 Å². The van der Waals surface area contributed by atoms with Gasteiger partial charge < -0.3 is 31.9 Å². The van der Waals surface area contributed by atoms with Crippen molar-refractivity contribution in [1.82, 2.24) is 19.9 Å². The van der Waals surface area contributed by atoms with Crippen molar-refractivity contribution in [3.63, 3.8) is 0 Å². The number of aromatic nitrogens is 4. The van der Waals surface area contributed by atoms with Crippen molar-refractivity contribution in [2.45, 2.75) is 52.4 Å². The minimum atomic E-state index is -4.76. The van der Waals surface area contributed by atoms with E-state index in [1.807, 2.05) is 0 Å². The largest absolute Gasteiger partial charge is 0.481 e. The normalized spacial score (nSPS) is 11.3. The molecule has 0 unspecified atom stereocenters. The number of hydrogen-bond donors (Lipinski definition) is 6. The van der Waals surface area contributed by atoms with Gasteiger partial charge in [-0.15, -0.1) is 0 Å². The number of halogens is 3. The number of hydrogen-bond acceptors (Lipinski definition) is 15. The number of carboxylic acids is 1. The molecule has 0 radical (unpaired) electrons. The fraction of sp³-hybridized carbons (Fsp3) is 0.263. The average molecular weight is 873 g/mol. The Morgan fingerprint density at radius 3 is 2.16 bits per heavy atom. The van der Waals surface area contributed by atoms with Crippen LogP contribution in [0.25, 0.3) is 11.2 Å². The van der Waals surface area contributed by atoms with Crippen molar-refractivity contribution < 1.29 is 60.3 Å². The van der Waals surface area contributed by atoms with Crippen LogP contribution in [-0.4, -0.2) is 62.0 Å². The number of amides is 2. The van der Waals surface area contributed by atoms with Gasteiger partial charge in [0.15, 0.2) is 11.2 Å². The maximum atomic E-state index is 13.2. The fourth-order valence-corrected chi connectivity index (χ4v) is 6.16. The third-order valence-corrected chi connectivity index (χ3v) is 9.45. The van der Waals surface area contributed by atoms with Crippen molar-refractivity contribution in [2.75, 3.05) is 29.6 Å². The Morgan fingerprint density at radius 2 is 1.56 bits per heavy atom. The molecule has 0 aliphatic carbocycles. The predicted molar refractivity (Wildman–Crippen MR) is 213 cm³/mol. The molecule has 5 aromatic rings. The van der Waals surface area contributed by atoms with Crippen LogP contribution in [0.4, 0.5) is 30.5 Å². The summed E-state index contributed by atoms with van der Waals surface area (Å²) in [5.74, 6) is -4.09. The van der Waals surface area contributed by atoms with Gasteiger partial charge in [-0.25, -0.2) is 14.5 Å². The summed E-state index contributed by atoms with van der Waals surface area (Å²) in [6.07, 6.45) is -4.03. The number of nitrogens with zero attached hydrogens (tertiary/aromatic N) is 3. The number of anilines is 3. The molecule has 324 valence electrons. The second-order valence-corrected chi connectivity index (χ2v) is 14.1. The molecule has 0 bridgehead atoms. The standard InChI is InChI=1S/C24H27F3NO9P.C14H13N7O2/c1-3-34-38(33,35-4-2)36-15-16-8-11-18(12-9-16)28-23(32)19-13-10-17(24(25,26)27)14-20(19)37-22(31)7-5-6-21(29)30;15-11(22)7-1-3-8(4-2-7)17-5-9-6-18-12-10(19-9)13(23)21-14(16)20-12/h8-14H,3-7,15H2,1-2H3,(H,28,32)(H,29,30);1-4,6,17H,5H2,(H2,15,22)(H3,16,18,20,21,23). The number of phosphoric acid groups is 1. The number of ether oxygens (including phenoxy) is 1. The number of aromatic amines is 1. The zero-order valence-electron chi connectivity index (χ0n) is 32.5. The second kappa shape index (κ2) is 21.5. The van der Waals surface area contributed by atoms with Gasteiger partial charge in [0, 0.05) is 29.8 Å². The lowest BCUT2D eigenvalue weighted by molar-refractivity contribution is -0.140. The Hall–Kier alpha value is -6.74. The van der Waals surface area contributed by atoms with E-state index in [0.29, 0.717) is 35.5 Å². The molecular weight excluding hydrogens is 832 g/mol. The SMILES string of the molecule is CCOP(=O)(OCC)OCc1ccc(NC(=O)c2ccc(C(F)(F)F)cc2OC(=O)CCCC(=O)O)cc1.NC(=O)c1ccc(NCc2cnc3nc(N)[nH]c(=O)c3n2)cc1. The summed E-state index contributed by atoms with van der Waals surface area (Å²) in [4.78, 5) is 72.8. The lowest BCUT2D eigenvalue weighted by Gasteiger charge is -2.16. The van der Waals surface area contributed by atoms with Gasteiger partial charge in [0.1, 0.15) is 5.75 Å². The molecule has 0 saturated carbocycles. The minimum Gasteiger partial charge on any atom is -0.481 e. The van der Waals surface area contributed by atoms with E-state index in [1.165, 1.54) is 18.3 Å². The smallest absolute Gasteiger partial charge is 0.475 e. The van der Waals surface area contributed by atoms with E-state index >= 15 is 0 Å². The molecule has 2 heterocycles. The number of carboxylic acid groups (broad SMARTS) is 1. The molecule has 3 aromatic carbocycles. The van der Waals surface area contributed by atoms with Crippen molar-refractivity contribution in [1.29, 1.82) is 0 Å². The molecule has 61 heavy (non-hydrogen) atoms. The van der Waals surface area contributed by atoms with Crippen LogP contribution >= 0.6 is 7.82 Å². The highest BCUT2D eigenvalue weighted by Crippen LogP contribution is 2.50. The Kier molecular flexibility index (Phi) is 16.5.